The molecule has 1 aliphatic rings. The van der Waals surface area contributed by atoms with Crippen LogP contribution >= 0.6 is 0 Å². The first-order valence-corrected chi connectivity index (χ1v) is 9.12. The largest absolute Gasteiger partial charge is 0.493 e. The summed E-state index contributed by atoms with van der Waals surface area (Å²) in [4.78, 5) is 0. The maximum Gasteiger partial charge on any atom is 0.181 e. The Balaban J connectivity index is 1.82. The molecular weight excluding hydrogens is 306 g/mol. The second kappa shape index (κ2) is 11.1. The second-order valence-electron chi connectivity index (χ2n) is 5.93. The minimum absolute atomic E-state index is 0.642. The third-order valence-electron chi connectivity index (χ3n) is 3.60. The first kappa shape index (κ1) is 18.8. The molecular formula is C18H31N3O3. The second-order valence-corrected chi connectivity index (χ2v) is 5.93. The molecule has 1 heterocycles. The molecule has 0 radical (unpaired) electrons. The highest BCUT2D eigenvalue weighted by Crippen LogP contribution is 2.28. The first-order valence-electron chi connectivity index (χ1n) is 9.12. The summed E-state index contributed by atoms with van der Waals surface area (Å²) in [5, 5.41) is 1.10. The van der Waals surface area contributed by atoms with Crippen LogP contribution in [-0.4, -0.2) is 33.0 Å². The van der Waals surface area contributed by atoms with E-state index in [-0.39, 0.29) is 0 Å². The number of quaternary nitrogens is 1. The minimum atomic E-state index is 0.642. The van der Waals surface area contributed by atoms with Crippen molar-refractivity contribution in [2.24, 2.45) is 0 Å². The number of ether oxygens (including phenoxy) is 3. The third-order valence-corrected chi connectivity index (χ3v) is 3.60. The van der Waals surface area contributed by atoms with Crippen molar-refractivity contribution >= 4 is 0 Å². The van der Waals surface area contributed by atoms with Crippen molar-refractivity contribution in [3.8, 4) is 17.2 Å². The summed E-state index contributed by atoms with van der Waals surface area (Å²) in [5.74, 6) is 2.43. The molecule has 0 aliphatic carbocycles. The fourth-order valence-electron chi connectivity index (χ4n) is 2.08. The number of unbranched alkanes of at least 4 members (excludes halogenated alkanes) is 2. The Morgan fingerprint density at radius 1 is 0.875 bits per heavy atom. The van der Waals surface area contributed by atoms with Gasteiger partial charge in [-0.3, -0.25) is 0 Å². The molecule has 0 bridgehead atoms. The van der Waals surface area contributed by atoms with Gasteiger partial charge in [0.05, 0.1) is 19.8 Å². The van der Waals surface area contributed by atoms with Crippen molar-refractivity contribution in [2.45, 2.75) is 46.0 Å². The summed E-state index contributed by atoms with van der Waals surface area (Å²) >= 11 is 0. The van der Waals surface area contributed by atoms with Gasteiger partial charge in [0.2, 0.25) is 0 Å². The van der Waals surface area contributed by atoms with Gasteiger partial charge in [-0.15, -0.1) is 12.0 Å². The zero-order valence-corrected chi connectivity index (χ0v) is 15.0. The number of hydrogen-bond donors (Lipinski definition) is 2. The highest BCUT2D eigenvalue weighted by Gasteiger charge is 2.11. The molecule has 1 unspecified atom stereocenters. The quantitative estimate of drug-likeness (QED) is 0.404. The summed E-state index contributed by atoms with van der Waals surface area (Å²) in [6, 6.07) is 5.83. The van der Waals surface area contributed by atoms with E-state index in [1.807, 2.05) is 18.2 Å². The molecule has 6 nitrogen and oxygen atoms in total. The van der Waals surface area contributed by atoms with E-state index in [0.29, 0.717) is 6.61 Å². The van der Waals surface area contributed by atoms with Gasteiger partial charge in [0.15, 0.2) is 6.67 Å². The summed E-state index contributed by atoms with van der Waals surface area (Å²) in [6.45, 7) is 8.14. The van der Waals surface area contributed by atoms with Gasteiger partial charge in [-0.25, -0.2) is 0 Å². The van der Waals surface area contributed by atoms with Crippen LogP contribution in [0.25, 0.3) is 5.43 Å². The van der Waals surface area contributed by atoms with E-state index in [1.54, 1.807) is 0 Å². The van der Waals surface area contributed by atoms with E-state index in [2.05, 4.69) is 24.7 Å². The Morgan fingerprint density at radius 3 is 1.75 bits per heavy atom. The Labute approximate surface area is 145 Å². The van der Waals surface area contributed by atoms with E-state index in [1.165, 1.54) is 0 Å². The van der Waals surface area contributed by atoms with E-state index in [0.717, 1.165) is 80.9 Å². The monoisotopic (exact) mass is 337 g/mol. The molecule has 1 aromatic rings. The Hall–Kier alpha value is -1.50. The van der Waals surface area contributed by atoms with Crippen LogP contribution < -0.4 is 24.8 Å². The van der Waals surface area contributed by atoms with E-state index < -0.39 is 0 Å². The average molecular weight is 337 g/mol. The predicted octanol–water partition coefficient (Wildman–Crippen LogP) is 2.46. The summed E-state index contributed by atoms with van der Waals surface area (Å²) in [6.07, 6.45) is 5.23. The lowest BCUT2D eigenvalue weighted by Crippen LogP contribution is -2.90. The molecule has 136 valence electrons. The lowest BCUT2D eigenvalue weighted by Gasteiger charge is -2.15. The molecule has 2 N–H and O–H groups in total. The van der Waals surface area contributed by atoms with Gasteiger partial charge in [-0.05, 0) is 19.3 Å². The molecule has 6 heteroatoms. The van der Waals surface area contributed by atoms with E-state index in [9.17, 15) is 0 Å². The van der Waals surface area contributed by atoms with Gasteiger partial charge < -0.3 is 24.8 Å². The number of nitrogens with one attached hydrogen (secondary N) is 2. The summed E-state index contributed by atoms with van der Waals surface area (Å²) in [5.41, 5.74) is 7.46. The summed E-state index contributed by atoms with van der Waals surface area (Å²) in [7, 11) is 0. The molecule has 0 amide bonds. The lowest BCUT2D eigenvalue weighted by molar-refractivity contribution is -0.744. The van der Waals surface area contributed by atoms with Crippen LogP contribution in [-0.2, 0) is 0 Å². The standard InChI is InChI=1S/C18H31N3O3/c1-3-5-9-22-16-12-17(23-10-6-4-2)14-18(13-16)24-11-7-8-19-21-15-20-21/h12-14,20-21H,3-11,15H2,1-2H3. The molecule has 1 saturated heterocycles. The van der Waals surface area contributed by atoms with Crippen molar-refractivity contribution < 1.29 is 19.3 Å². The van der Waals surface area contributed by atoms with Gasteiger partial charge in [0, 0.05) is 18.2 Å². The van der Waals surface area contributed by atoms with Gasteiger partial charge in [-0.1, -0.05) is 26.7 Å². The van der Waals surface area contributed by atoms with Crippen molar-refractivity contribution in [1.82, 2.24) is 5.43 Å². The van der Waals surface area contributed by atoms with Crippen molar-refractivity contribution in [1.29, 1.82) is 0 Å². The fourth-order valence-corrected chi connectivity index (χ4v) is 2.08. The van der Waals surface area contributed by atoms with Gasteiger partial charge in [-0.2, -0.15) is 0 Å². The van der Waals surface area contributed by atoms with Crippen molar-refractivity contribution in [2.75, 3.05) is 33.0 Å². The maximum absolute atomic E-state index is 5.85. The topological polar surface area (TPSA) is 68.2 Å². The van der Waals surface area contributed by atoms with Gasteiger partial charge in [0.1, 0.15) is 17.2 Å². The molecule has 1 aromatic carbocycles. The number of rotatable bonds is 14. The summed E-state index contributed by atoms with van der Waals surface area (Å²) < 4.78 is 17.5. The molecule has 0 aromatic heterocycles. The fraction of sp³-hybridized carbons (Fsp3) is 0.667. The number of hydrogen-bond acceptors (Lipinski definition) is 4. The van der Waals surface area contributed by atoms with Crippen molar-refractivity contribution in [3.05, 3.63) is 23.6 Å². The van der Waals surface area contributed by atoms with Gasteiger partial charge >= 0.3 is 0 Å². The molecule has 1 atom stereocenters. The zero-order chi connectivity index (χ0) is 17.0. The molecule has 1 fully saturated rings. The first-order chi connectivity index (χ1) is 11.8. The minimum Gasteiger partial charge on any atom is -0.493 e. The SMILES string of the molecule is CCCCOc1cc(OCCCC)cc(OCCC[N-][NH+]2CN2)c1. The highest BCUT2D eigenvalue weighted by molar-refractivity contribution is 5.42. The third kappa shape index (κ3) is 7.86. The van der Waals surface area contributed by atoms with Crippen molar-refractivity contribution in [3.63, 3.8) is 0 Å². The van der Waals surface area contributed by atoms with Crippen LogP contribution in [0.2, 0.25) is 0 Å². The van der Waals surface area contributed by atoms with Crippen LogP contribution in [0.4, 0.5) is 0 Å². The van der Waals surface area contributed by atoms with Crippen LogP contribution in [0, 0.1) is 0 Å². The normalized spacial score (nSPS) is 16.0. The zero-order valence-electron chi connectivity index (χ0n) is 15.0. The molecule has 0 saturated carbocycles. The van der Waals surface area contributed by atoms with Crippen LogP contribution in [0.5, 0.6) is 17.2 Å². The van der Waals surface area contributed by atoms with Crippen LogP contribution in [0.15, 0.2) is 18.2 Å². The Morgan fingerprint density at radius 2 is 1.33 bits per heavy atom. The number of nitrogens with zero attached hydrogens (tertiary/aromatic N) is 1. The van der Waals surface area contributed by atoms with Gasteiger partial charge in [0.25, 0.3) is 0 Å². The van der Waals surface area contributed by atoms with E-state index in [4.69, 9.17) is 14.2 Å². The molecule has 24 heavy (non-hydrogen) atoms. The van der Waals surface area contributed by atoms with E-state index >= 15 is 0 Å². The number of benzene rings is 1. The van der Waals surface area contributed by atoms with Crippen LogP contribution in [0.1, 0.15) is 46.0 Å². The lowest BCUT2D eigenvalue weighted by atomic mass is 10.3. The van der Waals surface area contributed by atoms with Crippen LogP contribution in [0.3, 0.4) is 0 Å². The molecule has 2 rings (SSSR count). The predicted molar refractivity (Wildman–Crippen MR) is 94.6 cm³/mol. The highest BCUT2D eigenvalue weighted by atomic mass is 16.5. The Bertz CT molecular complexity index is 439. The maximum atomic E-state index is 5.85. The smallest absolute Gasteiger partial charge is 0.181 e. The Kier molecular flexibility index (Phi) is 8.73. The molecule has 1 aliphatic heterocycles. The average Bonchev–Trinajstić information content (AvgIpc) is 3.39. The molecule has 0 spiro atoms.